The average molecular weight is 289 g/mol. The maximum Gasteiger partial charge on any atom is 0.188 e. The lowest BCUT2D eigenvalue weighted by atomic mass is 10.1. The first-order valence-corrected chi connectivity index (χ1v) is 7.23. The number of aryl methyl sites for hydroxylation is 2. The molecule has 1 heterocycles. The third-order valence-electron chi connectivity index (χ3n) is 3.08. The van der Waals surface area contributed by atoms with E-state index in [4.69, 9.17) is 11.6 Å². The van der Waals surface area contributed by atoms with Crippen LogP contribution in [0.3, 0.4) is 0 Å². The molecule has 0 aliphatic rings. The van der Waals surface area contributed by atoms with E-state index in [-0.39, 0.29) is 0 Å². The molecule has 0 aliphatic heterocycles. The van der Waals surface area contributed by atoms with Crippen molar-refractivity contribution in [3.63, 3.8) is 0 Å². The normalized spacial score (nSPS) is 10.9. The Labute approximate surface area is 121 Å². The molecule has 0 radical (unpaired) electrons. The molecule has 0 fully saturated rings. The number of halogens is 1. The van der Waals surface area contributed by atoms with Gasteiger partial charge in [0, 0.05) is 5.69 Å². The highest BCUT2D eigenvalue weighted by Gasteiger charge is 2.09. The summed E-state index contributed by atoms with van der Waals surface area (Å²) >= 11 is 7.76. The van der Waals surface area contributed by atoms with Crippen molar-refractivity contribution in [2.75, 3.05) is 5.32 Å². The highest BCUT2D eigenvalue weighted by atomic mass is 35.5. The van der Waals surface area contributed by atoms with E-state index in [1.807, 2.05) is 18.2 Å². The zero-order chi connectivity index (χ0) is 13.4. The van der Waals surface area contributed by atoms with Gasteiger partial charge in [0.15, 0.2) is 5.13 Å². The Kier molecular flexibility index (Phi) is 3.17. The number of thiazole rings is 1. The van der Waals surface area contributed by atoms with Crippen molar-refractivity contribution in [3.05, 3.63) is 52.5 Å². The van der Waals surface area contributed by atoms with Gasteiger partial charge in [-0.05, 0) is 37.1 Å². The lowest BCUT2D eigenvalue weighted by Crippen LogP contribution is -1.94. The van der Waals surface area contributed by atoms with Crippen LogP contribution < -0.4 is 5.32 Å². The topological polar surface area (TPSA) is 24.9 Å². The molecular formula is C15H13ClN2S. The summed E-state index contributed by atoms with van der Waals surface area (Å²) in [7, 11) is 0. The molecule has 2 nitrogen and oxygen atoms in total. The lowest BCUT2D eigenvalue weighted by molar-refractivity contribution is 1.34. The molecule has 0 spiro atoms. The van der Waals surface area contributed by atoms with E-state index in [1.54, 1.807) is 11.3 Å². The molecule has 0 atom stereocenters. The maximum absolute atomic E-state index is 6.18. The quantitative estimate of drug-likeness (QED) is 0.691. The number of hydrogen-bond donors (Lipinski definition) is 1. The number of fused-ring (bicyclic) bond motifs is 1. The first kappa shape index (κ1) is 12.5. The number of benzene rings is 2. The van der Waals surface area contributed by atoms with E-state index in [0.29, 0.717) is 0 Å². The molecule has 0 amide bonds. The third kappa shape index (κ3) is 2.31. The second kappa shape index (κ2) is 4.83. The first-order chi connectivity index (χ1) is 9.15. The number of anilines is 2. The van der Waals surface area contributed by atoms with Crippen LogP contribution in [0.25, 0.3) is 10.2 Å². The van der Waals surface area contributed by atoms with Crippen LogP contribution in [-0.4, -0.2) is 4.98 Å². The molecule has 0 saturated heterocycles. The van der Waals surface area contributed by atoms with Gasteiger partial charge in [-0.3, -0.25) is 0 Å². The summed E-state index contributed by atoms with van der Waals surface area (Å²) in [6.45, 7) is 4.19. The molecule has 0 saturated carbocycles. The van der Waals surface area contributed by atoms with Crippen molar-refractivity contribution in [2.24, 2.45) is 0 Å². The molecule has 2 aromatic carbocycles. The first-order valence-electron chi connectivity index (χ1n) is 6.03. The maximum atomic E-state index is 6.18. The SMILES string of the molecule is Cc1cccc(C)c1Nc1nc2cccc(Cl)c2s1. The highest BCUT2D eigenvalue weighted by Crippen LogP contribution is 2.34. The molecular weight excluding hydrogens is 276 g/mol. The van der Waals surface area contributed by atoms with Gasteiger partial charge in [-0.15, -0.1) is 0 Å². The van der Waals surface area contributed by atoms with E-state index in [2.05, 4.69) is 42.3 Å². The molecule has 1 aromatic heterocycles. The van der Waals surface area contributed by atoms with Crippen LogP contribution in [0.1, 0.15) is 11.1 Å². The molecule has 3 aromatic rings. The molecule has 4 heteroatoms. The zero-order valence-electron chi connectivity index (χ0n) is 10.7. The van der Waals surface area contributed by atoms with Gasteiger partial charge < -0.3 is 5.32 Å². The van der Waals surface area contributed by atoms with E-state index in [9.17, 15) is 0 Å². The van der Waals surface area contributed by atoms with Gasteiger partial charge in [0.05, 0.1) is 15.2 Å². The van der Waals surface area contributed by atoms with Crippen LogP contribution in [0.5, 0.6) is 0 Å². The van der Waals surface area contributed by atoms with Crippen LogP contribution in [0.2, 0.25) is 5.02 Å². The fraction of sp³-hybridized carbons (Fsp3) is 0.133. The molecule has 19 heavy (non-hydrogen) atoms. The summed E-state index contributed by atoms with van der Waals surface area (Å²) < 4.78 is 1.03. The standard InChI is InChI=1S/C15H13ClN2S/c1-9-5-3-6-10(2)13(9)18-15-17-12-8-4-7-11(16)14(12)19-15/h3-8H,1-2H3,(H,17,18). The lowest BCUT2D eigenvalue weighted by Gasteiger charge is -2.09. The summed E-state index contributed by atoms with van der Waals surface area (Å²) in [5, 5.41) is 5.04. The minimum Gasteiger partial charge on any atom is -0.331 e. The Balaban J connectivity index is 2.04. The number of aromatic nitrogens is 1. The van der Waals surface area contributed by atoms with Crippen molar-refractivity contribution in [1.29, 1.82) is 0 Å². The summed E-state index contributed by atoms with van der Waals surface area (Å²) in [4.78, 5) is 4.57. The Hall–Kier alpha value is -1.58. The summed E-state index contributed by atoms with van der Waals surface area (Å²) in [5.41, 5.74) is 4.49. The van der Waals surface area contributed by atoms with Crippen molar-refractivity contribution < 1.29 is 0 Å². The van der Waals surface area contributed by atoms with Gasteiger partial charge in [-0.25, -0.2) is 4.98 Å². The van der Waals surface area contributed by atoms with Crippen molar-refractivity contribution >= 4 is 44.0 Å². The molecule has 0 bridgehead atoms. The second-order valence-corrected chi connectivity index (χ2v) is 5.91. The minimum absolute atomic E-state index is 0.754. The van der Waals surface area contributed by atoms with Crippen LogP contribution in [-0.2, 0) is 0 Å². The van der Waals surface area contributed by atoms with Gasteiger partial charge in [0.25, 0.3) is 0 Å². The summed E-state index contributed by atoms with van der Waals surface area (Å²) in [6, 6.07) is 12.0. The van der Waals surface area contributed by atoms with E-state index >= 15 is 0 Å². The van der Waals surface area contributed by atoms with Gasteiger partial charge >= 0.3 is 0 Å². The number of rotatable bonds is 2. The molecule has 3 rings (SSSR count). The van der Waals surface area contributed by atoms with E-state index in [0.717, 1.165) is 26.1 Å². The van der Waals surface area contributed by atoms with Gasteiger partial charge in [-0.1, -0.05) is 47.2 Å². The largest absolute Gasteiger partial charge is 0.331 e. The Bertz CT molecular complexity index is 729. The Morgan fingerprint density at radius 3 is 2.42 bits per heavy atom. The smallest absolute Gasteiger partial charge is 0.188 e. The number of para-hydroxylation sites is 1. The molecule has 96 valence electrons. The van der Waals surface area contributed by atoms with E-state index in [1.165, 1.54) is 11.1 Å². The number of nitrogens with one attached hydrogen (secondary N) is 1. The van der Waals surface area contributed by atoms with Crippen LogP contribution in [0.4, 0.5) is 10.8 Å². The van der Waals surface area contributed by atoms with Gasteiger partial charge in [0.1, 0.15) is 0 Å². The van der Waals surface area contributed by atoms with Crippen molar-refractivity contribution in [3.8, 4) is 0 Å². The number of nitrogens with zero attached hydrogens (tertiary/aromatic N) is 1. The van der Waals surface area contributed by atoms with Crippen LogP contribution >= 0.6 is 22.9 Å². The van der Waals surface area contributed by atoms with Crippen LogP contribution in [0.15, 0.2) is 36.4 Å². The third-order valence-corrected chi connectivity index (χ3v) is 4.53. The Morgan fingerprint density at radius 1 is 1.05 bits per heavy atom. The fourth-order valence-electron chi connectivity index (χ4n) is 2.09. The molecule has 1 N–H and O–H groups in total. The van der Waals surface area contributed by atoms with Crippen molar-refractivity contribution in [1.82, 2.24) is 4.98 Å². The predicted octanol–water partition coefficient (Wildman–Crippen LogP) is 5.31. The van der Waals surface area contributed by atoms with Crippen molar-refractivity contribution in [2.45, 2.75) is 13.8 Å². The van der Waals surface area contributed by atoms with Crippen LogP contribution in [0, 0.1) is 13.8 Å². The Morgan fingerprint density at radius 2 is 1.74 bits per heavy atom. The highest BCUT2D eigenvalue weighted by molar-refractivity contribution is 7.22. The minimum atomic E-state index is 0.754. The second-order valence-electron chi connectivity index (χ2n) is 4.50. The predicted molar refractivity (Wildman–Crippen MR) is 83.8 cm³/mol. The molecule has 0 unspecified atom stereocenters. The van der Waals surface area contributed by atoms with Gasteiger partial charge in [0.2, 0.25) is 0 Å². The number of hydrogen-bond acceptors (Lipinski definition) is 3. The zero-order valence-corrected chi connectivity index (χ0v) is 12.3. The fourth-order valence-corrected chi connectivity index (χ4v) is 3.25. The molecule has 0 aliphatic carbocycles. The summed E-state index contributed by atoms with van der Waals surface area (Å²) in [5.74, 6) is 0. The summed E-state index contributed by atoms with van der Waals surface area (Å²) in [6.07, 6.45) is 0. The average Bonchev–Trinajstić information content (AvgIpc) is 2.78. The monoisotopic (exact) mass is 288 g/mol. The van der Waals surface area contributed by atoms with E-state index < -0.39 is 0 Å². The van der Waals surface area contributed by atoms with Gasteiger partial charge in [-0.2, -0.15) is 0 Å².